The van der Waals surface area contributed by atoms with E-state index in [-0.39, 0.29) is 6.04 Å². The van der Waals surface area contributed by atoms with Crippen molar-refractivity contribution in [2.24, 2.45) is 0 Å². The van der Waals surface area contributed by atoms with Crippen molar-refractivity contribution >= 4 is 5.95 Å². The third kappa shape index (κ3) is 3.70. The van der Waals surface area contributed by atoms with Crippen molar-refractivity contribution in [1.82, 2.24) is 24.8 Å². The van der Waals surface area contributed by atoms with Crippen molar-refractivity contribution in [3.8, 4) is 0 Å². The van der Waals surface area contributed by atoms with Gasteiger partial charge < -0.3 is 5.32 Å². The predicted molar refractivity (Wildman–Crippen MR) is 76.2 cm³/mol. The van der Waals surface area contributed by atoms with Crippen LogP contribution in [-0.4, -0.2) is 50.1 Å². The van der Waals surface area contributed by atoms with Crippen LogP contribution in [0, 0.1) is 5.82 Å². The smallest absolute Gasteiger partial charge is 0.222 e. The molecule has 1 aliphatic rings. The lowest BCUT2D eigenvalue weighted by Gasteiger charge is -2.24. The number of rotatable bonds is 5. The number of hydrogen-bond acceptors (Lipinski definition) is 6. The molecule has 0 unspecified atom stereocenters. The molecule has 1 aliphatic heterocycles. The maximum atomic E-state index is 13.7. The van der Waals surface area contributed by atoms with Crippen LogP contribution in [0.15, 0.2) is 31.1 Å². The highest BCUT2D eigenvalue weighted by atomic mass is 19.1. The van der Waals surface area contributed by atoms with Gasteiger partial charge in [-0.3, -0.25) is 4.90 Å². The number of hydrogen-bond donors (Lipinski definition) is 1. The van der Waals surface area contributed by atoms with Gasteiger partial charge in [0.2, 0.25) is 5.95 Å². The molecule has 8 heteroatoms. The molecule has 116 valence electrons. The summed E-state index contributed by atoms with van der Waals surface area (Å²) in [6.45, 7) is 1.48. The number of nitrogens with zero attached hydrogens (tertiary/aromatic N) is 5. The Labute approximate surface area is 126 Å². The highest BCUT2D eigenvalue weighted by Crippen LogP contribution is 2.22. The SMILES string of the molecule is Fc1cnc(NC[C@@H]2C[C@H](F)CN2Cc2cncnc2)nc1. The van der Waals surface area contributed by atoms with Crippen LogP contribution in [-0.2, 0) is 6.54 Å². The van der Waals surface area contributed by atoms with Crippen molar-refractivity contribution in [1.29, 1.82) is 0 Å². The molecule has 0 bridgehead atoms. The number of nitrogens with one attached hydrogen (secondary N) is 1. The zero-order chi connectivity index (χ0) is 15.4. The molecule has 0 spiro atoms. The fourth-order valence-electron chi connectivity index (χ4n) is 2.59. The molecule has 22 heavy (non-hydrogen) atoms. The van der Waals surface area contributed by atoms with Crippen molar-refractivity contribution in [2.45, 2.75) is 25.2 Å². The van der Waals surface area contributed by atoms with Gasteiger partial charge in [0.05, 0.1) is 12.4 Å². The molecule has 6 nitrogen and oxygen atoms in total. The van der Waals surface area contributed by atoms with E-state index in [9.17, 15) is 8.78 Å². The lowest BCUT2D eigenvalue weighted by atomic mass is 10.2. The van der Waals surface area contributed by atoms with Crippen LogP contribution < -0.4 is 5.32 Å². The van der Waals surface area contributed by atoms with E-state index in [4.69, 9.17) is 0 Å². The molecule has 1 fully saturated rings. The van der Waals surface area contributed by atoms with Crippen LogP contribution in [0.3, 0.4) is 0 Å². The molecule has 1 N–H and O–H groups in total. The third-order valence-electron chi connectivity index (χ3n) is 3.59. The molecule has 3 heterocycles. The number of aromatic nitrogens is 4. The summed E-state index contributed by atoms with van der Waals surface area (Å²) in [7, 11) is 0. The molecule has 0 amide bonds. The minimum Gasteiger partial charge on any atom is -0.353 e. The molecule has 0 aliphatic carbocycles. The van der Waals surface area contributed by atoms with Gasteiger partial charge >= 0.3 is 0 Å². The van der Waals surface area contributed by atoms with Gasteiger partial charge in [-0.1, -0.05) is 0 Å². The van der Waals surface area contributed by atoms with E-state index in [0.717, 1.165) is 18.0 Å². The molecule has 0 saturated carbocycles. The van der Waals surface area contributed by atoms with Crippen LogP contribution in [0.2, 0.25) is 0 Å². The molecule has 0 aromatic carbocycles. The Morgan fingerprint density at radius 3 is 2.64 bits per heavy atom. The molecule has 3 rings (SSSR count). The third-order valence-corrected chi connectivity index (χ3v) is 3.59. The topological polar surface area (TPSA) is 66.8 Å². The normalized spacial score (nSPS) is 21.9. The standard InChI is InChI=1S/C14H16F2N6/c15-11-1-13(6-21-14-19-4-12(16)5-20-14)22(8-11)7-10-2-17-9-18-3-10/h2-5,9,11,13H,1,6-8H2,(H,19,20,21)/t11-,13-/m0/s1. The number of anilines is 1. The molecular weight excluding hydrogens is 290 g/mol. The van der Waals surface area contributed by atoms with Gasteiger partial charge in [-0.2, -0.15) is 0 Å². The van der Waals surface area contributed by atoms with Crippen molar-refractivity contribution < 1.29 is 8.78 Å². The van der Waals surface area contributed by atoms with Gasteiger partial charge in [0.25, 0.3) is 0 Å². The second-order valence-electron chi connectivity index (χ2n) is 5.27. The van der Waals surface area contributed by atoms with E-state index < -0.39 is 12.0 Å². The molecule has 2 aromatic heterocycles. The zero-order valence-corrected chi connectivity index (χ0v) is 11.9. The lowest BCUT2D eigenvalue weighted by Crippen LogP contribution is -2.34. The molecule has 1 saturated heterocycles. The first kappa shape index (κ1) is 14.7. The van der Waals surface area contributed by atoms with E-state index in [2.05, 4.69) is 25.3 Å². The summed E-state index contributed by atoms with van der Waals surface area (Å²) in [5, 5.41) is 3.02. The van der Waals surface area contributed by atoms with E-state index >= 15 is 0 Å². The minimum absolute atomic E-state index is 0.0175. The first-order valence-electron chi connectivity index (χ1n) is 7.04. The average molecular weight is 306 g/mol. The van der Waals surface area contributed by atoms with Crippen molar-refractivity contribution in [2.75, 3.05) is 18.4 Å². The summed E-state index contributed by atoms with van der Waals surface area (Å²) < 4.78 is 26.5. The molecule has 0 radical (unpaired) electrons. The van der Waals surface area contributed by atoms with Gasteiger partial charge in [0.15, 0.2) is 5.82 Å². The summed E-state index contributed by atoms with van der Waals surface area (Å²) in [4.78, 5) is 17.7. The zero-order valence-electron chi connectivity index (χ0n) is 11.9. The summed E-state index contributed by atoms with van der Waals surface area (Å²) in [5.74, 6) is -0.146. The molecule has 2 aromatic rings. The largest absolute Gasteiger partial charge is 0.353 e. The van der Waals surface area contributed by atoms with Crippen LogP contribution >= 0.6 is 0 Å². The Bertz CT molecular complexity index is 594. The monoisotopic (exact) mass is 306 g/mol. The Balaban J connectivity index is 1.59. The van der Waals surface area contributed by atoms with Gasteiger partial charge in [0, 0.05) is 43.6 Å². The number of likely N-dealkylation sites (tertiary alicyclic amines) is 1. The maximum Gasteiger partial charge on any atom is 0.222 e. The second-order valence-corrected chi connectivity index (χ2v) is 5.27. The fourth-order valence-corrected chi connectivity index (χ4v) is 2.59. The summed E-state index contributed by atoms with van der Waals surface area (Å²) in [6, 6.07) is 0.0175. The first-order valence-corrected chi connectivity index (χ1v) is 7.04. The quantitative estimate of drug-likeness (QED) is 0.901. The molecular formula is C14H16F2N6. The van der Waals surface area contributed by atoms with E-state index in [1.54, 1.807) is 12.4 Å². The number of halogens is 2. The fraction of sp³-hybridized carbons (Fsp3) is 0.429. The Hall–Kier alpha value is -2.22. The van der Waals surface area contributed by atoms with E-state index in [1.165, 1.54) is 6.33 Å². The minimum atomic E-state index is -0.856. The maximum absolute atomic E-state index is 13.7. The Kier molecular flexibility index (Phi) is 4.47. The summed E-state index contributed by atoms with van der Waals surface area (Å²) in [5.41, 5.74) is 0.944. The Morgan fingerprint density at radius 1 is 1.18 bits per heavy atom. The highest BCUT2D eigenvalue weighted by molar-refractivity contribution is 5.23. The summed E-state index contributed by atoms with van der Waals surface area (Å²) in [6.07, 6.45) is 6.71. The first-order chi connectivity index (χ1) is 10.7. The van der Waals surface area contributed by atoms with E-state index in [0.29, 0.717) is 32.0 Å². The van der Waals surface area contributed by atoms with Gasteiger partial charge in [0.1, 0.15) is 12.5 Å². The number of alkyl halides is 1. The van der Waals surface area contributed by atoms with Gasteiger partial charge in [-0.05, 0) is 6.42 Å². The summed E-state index contributed by atoms with van der Waals surface area (Å²) >= 11 is 0. The van der Waals surface area contributed by atoms with Gasteiger partial charge in [-0.15, -0.1) is 0 Å². The van der Waals surface area contributed by atoms with Crippen LogP contribution in [0.25, 0.3) is 0 Å². The predicted octanol–water partition coefficient (Wildman–Crippen LogP) is 1.43. The van der Waals surface area contributed by atoms with Crippen molar-refractivity contribution in [3.63, 3.8) is 0 Å². The average Bonchev–Trinajstić information content (AvgIpc) is 2.87. The molecule has 2 atom stereocenters. The van der Waals surface area contributed by atoms with Crippen LogP contribution in [0.4, 0.5) is 14.7 Å². The lowest BCUT2D eigenvalue weighted by molar-refractivity contribution is 0.241. The van der Waals surface area contributed by atoms with Crippen molar-refractivity contribution in [3.05, 3.63) is 42.5 Å². The van der Waals surface area contributed by atoms with Gasteiger partial charge in [-0.25, -0.2) is 28.7 Å². The second kappa shape index (κ2) is 6.69. The van der Waals surface area contributed by atoms with Crippen LogP contribution in [0.5, 0.6) is 0 Å². The van der Waals surface area contributed by atoms with Crippen LogP contribution in [0.1, 0.15) is 12.0 Å². The Morgan fingerprint density at radius 2 is 1.91 bits per heavy atom. The van der Waals surface area contributed by atoms with E-state index in [1.807, 2.05) is 4.90 Å². The highest BCUT2D eigenvalue weighted by Gasteiger charge is 2.32.